The van der Waals surface area contributed by atoms with Crippen LogP contribution in [0.2, 0.25) is 0 Å². The summed E-state index contributed by atoms with van der Waals surface area (Å²) in [7, 11) is 0. The average molecular weight is 415 g/mol. The minimum atomic E-state index is -1.03. The number of rotatable bonds is 3. The first-order valence-electron chi connectivity index (χ1n) is 10.7. The Kier molecular flexibility index (Phi) is 4.90. The zero-order valence-electron chi connectivity index (χ0n) is 17.5. The van der Waals surface area contributed by atoms with Gasteiger partial charge < -0.3 is 14.6 Å². The Morgan fingerprint density at radius 1 is 0.968 bits per heavy atom. The molecule has 0 amide bonds. The number of aromatic nitrogens is 2. The van der Waals surface area contributed by atoms with Crippen molar-refractivity contribution in [2.45, 2.75) is 44.0 Å². The zero-order valence-corrected chi connectivity index (χ0v) is 17.5. The molecule has 3 aromatic rings. The van der Waals surface area contributed by atoms with Gasteiger partial charge in [-0.05, 0) is 50.1 Å². The molecule has 6 heteroatoms. The Hall–Kier alpha value is -2.98. The molecule has 1 spiro atoms. The van der Waals surface area contributed by atoms with E-state index in [9.17, 15) is 5.11 Å². The molecule has 1 saturated carbocycles. The number of ether oxygens (including phenoxy) is 2. The first kappa shape index (κ1) is 20.0. The smallest absolute Gasteiger partial charge is 0.168 e. The number of hydrogen-bond donors (Lipinski definition) is 1. The molecule has 2 aromatic carbocycles. The standard InChI is InChI=1S/C25H25N3O3/c1-18-2-6-20(7-3-18)22-16-23(27-28(22)21-8-4-19(17-26)5-9-21)24(29)10-12-25(13-11-24)30-14-15-31-25/h2-9,16,29H,10-15H2,1H3. The van der Waals surface area contributed by atoms with Gasteiger partial charge >= 0.3 is 0 Å². The summed E-state index contributed by atoms with van der Waals surface area (Å²) in [6, 6.07) is 19.7. The molecule has 31 heavy (non-hydrogen) atoms. The fourth-order valence-corrected chi connectivity index (χ4v) is 4.50. The summed E-state index contributed by atoms with van der Waals surface area (Å²) in [4.78, 5) is 0. The van der Waals surface area contributed by atoms with E-state index in [-0.39, 0.29) is 0 Å². The molecule has 1 saturated heterocycles. The number of aryl methyl sites for hydroxylation is 1. The minimum absolute atomic E-state index is 0.532. The molecule has 1 aromatic heterocycles. The van der Waals surface area contributed by atoms with E-state index in [0.29, 0.717) is 50.2 Å². The largest absolute Gasteiger partial charge is 0.383 e. The molecule has 158 valence electrons. The van der Waals surface area contributed by atoms with Gasteiger partial charge in [0.2, 0.25) is 0 Å². The van der Waals surface area contributed by atoms with Crippen molar-refractivity contribution in [1.29, 1.82) is 5.26 Å². The van der Waals surface area contributed by atoms with Crippen LogP contribution < -0.4 is 0 Å². The molecular formula is C25H25N3O3. The van der Waals surface area contributed by atoms with Crippen LogP contribution in [0.5, 0.6) is 0 Å². The maximum Gasteiger partial charge on any atom is 0.168 e. The van der Waals surface area contributed by atoms with Crippen molar-refractivity contribution >= 4 is 0 Å². The highest BCUT2D eigenvalue weighted by atomic mass is 16.7. The maximum atomic E-state index is 11.5. The van der Waals surface area contributed by atoms with E-state index >= 15 is 0 Å². The third-order valence-electron chi connectivity index (χ3n) is 6.43. The highest BCUT2D eigenvalue weighted by Crippen LogP contribution is 2.45. The van der Waals surface area contributed by atoms with Crippen LogP contribution in [0.4, 0.5) is 0 Å². The quantitative estimate of drug-likeness (QED) is 0.693. The van der Waals surface area contributed by atoms with Crippen LogP contribution in [0.1, 0.15) is 42.5 Å². The lowest BCUT2D eigenvalue weighted by atomic mass is 9.79. The second-order valence-electron chi connectivity index (χ2n) is 8.49. The van der Waals surface area contributed by atoms with Gasteiger partial charge in [-0.3, -0.25) is 0 Å². The summed E-state index contributed by atoms with van der Waals surface area (Å²) in [6.45, 7) is 3.29. The second-order valence-corrected chi connectivity index (χ2v) is 8.49. The van der Waals surface area contributed by atoms with Gasteiger partial charge in [0.1, 0.15) is 5.60 Å². The van der Waals surface area contributed by atoms with Crippen molar-refractivity contribution < 1.29 is 14.6 Å². The van der Waals surface area contributed by atoms with Gasteiger partial charge in [-0.15, -0.1) is 0 Å². The lowest BCUT2D eigenvalue weighted by molar-refractivity contribution is -0.204. The molecule has 0 bridgehead atoms. The molecule has 6 nitrogen and oxygen atoms in total. The Morgan fingerprint density at radius 2 is 1.61 bits per heavy atom. The van der Waals surface area contributed by atoms with E-state index in [2.05, 4.69) is 37.3 Å². The molecule has 1 aliphatic heterocycles. The minimum Gasteiger partial charge on any atom is -0.383 e. The summed E-state index contributed by atoms with van der Waals surface area (Å²) >= 11 is 0. The van der Waals surface area contributed by atoms with E-state index < -0.39 is 11.4 Å². The van der Waals surface area contributed by atoms with Gasteiger partial charge in [-0.25, -0.2) is 4.68 Å². The van der Waals surface area contributed by atoms with Crippen LogP contribution >= 0.6 is 0 Å². The number of nitrogens with zero attached hydrogens (tertiary/aromatic N) is 3. The summed E-state index contributed by atoms with van der Waals surface area (Å²) in [5.41, 5.74) is 4.17. The Bertz CT molecular complexity index is 1110. The van der Waals surface area contributed by atoms with Gasteiger partial charge in [0.05, 0.1) is 41.9 Å². The Balaban J connectivity index is 1.54. The molecule has 2 heterocycles. The topological polar surface area (TPSA) is 80.3 Å². The highest BCUT2D eigenvalue weighted by Gasteiger charge is 2.47. The van der Waals surface area contributed by atoms with Crippen molar-refractivity contribution in [3.8, 4) is 23.0 Å². The monoisotopic (exact) mass is 415 g/mol. The normalized spacial score (nSPS) is 19.4. The van der Waals surface area contributed by atoms with Gasteiger partial charge in [0.15, 0.2) is 5.79 Å². The van der Waals surface area contributed by atoms with Gasteiger partial charge in [-0.1, -0.05) is 29.8 Å². The zero-order chi connectivity index (χ0) is 21.5. The molecule has 2 fully saturated rings. The van der Waals surface area contributed by atoms with Crippen molar-refractivity contribution in [3.63, 3.8) is 0 Å². The van der Waals surface area contributed by atoms with Crippen LogP contribution in [0.3, 0.4) is 0 Å². The average Bonchev–Trinajstić information content (AvgIpc) is 3.45. The molecule has 0 atom stereocenters. The Labute approximate surface area is 181 Å². The van der Waals surface area contributed by atoms with E-state index in [1.807, 2.05) is 22.9 Å². The summed E-state index contributed by atoms with van der Waals surface area (Å²) < 4.78 is 13.5. The van der Waals surface area contributed by atoms with E-state index in [4.69, 9.17) is 19.8 Å². The van der Waals surface area contributed by atoms with E-state index in [0.717, 1.165) is 16.9 Å². The molecule has 0 radical (unpaired) electrons. The van der Waals surface area contributed by atoms with Crippen LogP contribution in [-0.4, -0.2) is 33.9 Å². The fraction of sp³-hybridized carbons (Fsp3) is 0.360. The third kappa shape index (κ3) is 3.66. The first-order valence-corrected chi connectivity index (χ1v) is 10.7. The van der Waals surface area contributed by atoms with Crippen LogP contribution in [0, 0.1) is 18.3 Å². The van der Waals surface area contributed by atoms with Gasteiger partial charge in [0.25, 0.3) is 0 Å². The SMILES string of the molecule is Cc1ccc(-c2cc(C3(O)CCC4(CC3)OCCO4)nn2-c2ccc(C#N)cc2)cc1. The fourth-order valence-electron chi connectivity index (χ4n) is 4.50. The van der Waals surface area contributed by atoms with Crippen molar-refractivity contribution in [2.24, 2.45) is 0 Å². The molecule has 1 N–H and O–H groups in total. The van der Waals surface area contributed by atoms with E-state index in [1.165, 1.54) is 5.56 Å². The van der Waals surface area contributed by atoms with Crippen LogP contribution in [0.15, 0.2) is 54.6 Å². The molecule has 0 unspecified atom stereocenters. The maximum absolute atomic E-state index is 11.5. The summed E-state index contributed by atoms with van der Waals surface area (Å²) in [6.07, 6.45) is 2.36. The number of nitriles is 1. The molecule has 2 aliphatic rings. The molecule has 1 aliphatic carbocycles. The van der Waals surface area contributed by atoms with Crippen LogP contribution in [-0.2, 0) is 15.1 Å². The Morgan fingerprint density at radius 3 is 2.23 bits per heavy atom. The summed E-state index contributed by atoms with van der Waals surface area (Å²) in [5.74, 6) is -0.540. The van der Waals surface area contributed by atoms with Gasteiger partial charge in [-0.2, -0.15) is 10.4 Å². The molecule has 5 rings (SSSR count). The lowest BCUT2D eigenvalue weighted by Gasteiger charge is -2.39. The number of hydrogen-bond acceptors (Lipinski definition) is 5. The first-order chi connectivity index (χ1) is 15.0. The number of benzene rings is 2. The third-order valence-corrected chi connectivity index (χ3v) is 6.43. The summed E-state index contributed by atoms with van der Waals surface area (Å²) in [5, 5.41) is 25.5. The molecular weight excluding hydrogens is 390 g/mol. The van der Waals surface area contributed by atoms with E-state index in [1.54, 1.807) is 12.1 Å². The van der Waals surface area contributed by atoms with Crippen molar-refractivity contribution in [1.82, 2.24) is 9.78 Å². The van der Waals surface area contributed by atoms with Crippen molar-refractivity contribution in [2.75, 3.05) is 13.2 Å². The lowest BCUT2D eigenvalue weighted by Crippen LogP contribution is -2.42. The van der Waals surface area contributed by atoms with Crippen molar-refractivity contribution in [3.05, 3.63) is 71.4 Å². The predicted octanol–water partition coefficient (Wildman–Crippen LogP) is 4.22. The van der Waals surface area contributed by atoms with Gasteiger partial charge in [0, 0.05) is 18.4 Å². The predicted molar refractivity (Wildman–Crippen MR) is 115 cm³/mol. The van der Waals surface area contributed by atoms with Crippen LogP contribution in [0.25, 0.3) is 16.9 Å². The highest BCUT2D eigenvalue weighted by molar-refractivity contribution is 5.63. The number of aliphatic hydroxyl groups is 1. The second kappa shape index (κ2) is 7.61.